The first kappa shape index (κ1) is 11.5. The van der Waals surface area contributed by atoms with Crippen molar-refractivity contribution in [3.63, 3.8) is 0 Å². The van der Waals surface area contributed by atoms with Crippen molar-refractivity contribution in [1.29, 1.82) is 0 Å². The SMILES string of the molecule is C1CC2(COC(C3CCC4OC4C3)OC2)CC2CC12. The van der Waals surface area contributed by atoms with E-state index in [-0.39, 0.29) is 6.29 Å². The highest BCUT2D eigenvalue weighted by atomic mass is 16.7. The van der Waals surface area contributed by atoms with Gasteiger partial charge in [-0.05, 0) is 56.8 Å². The predicted octanol–water partition coefficient (Wildman–Crippen LogP) is 2.73. The normalized spacial score (nSPS) is 59.4. The van der Waals surface area contributed by atoms with Crippen LogP contribution in [-0.2, 0) is 14.2 Å². The lowest BCUT2D eigenvalue weighted by Gasteiger charge is -2.44. The molecule has 3 aliphatic carbocycles. The number of rotatable bonds is 1. The van der Waals surface area contributed by atoms with Gasteiger partial charge in [0.15, 0.2) is 6.29 Å². The maximum Gasteiger partial charge on any atom is 0.160 e. The van der Waals surface area contributed by atoms with Gasteiger partial charge in [-0.3, -0.25) is 0 Å². The van der Waals surface area contributed by atoms with Crippen LogP contribution in [0, 0.1) is 23.2 Å². The first-order valence-electron chi connectivity index (χ1n) is 8.20. The highest BCUT2D eigenvalue weighted by Crippen LogP contribution is 2.57. The maximum atomic E-state index is 6.17. The summed E-state index contributed by atoms with van der Waals surface area (Å²) in [5, 5.41) is 0. The second kappa shape index (κ2) is 3.96. The van der Waals surface area contributed by atoms with E-state index in [0.717, 1.165) is 31.5 Å². The van der Waals surface area contributed by atoms with Crippen LogP contribution >= 0.6 is 0 Å². The molecule has 0 N–H and O–H groups in total. The minimum Gasteiger partial charge on any atom is -0.370 e. The first-order valence-corrected chi connectivity index (χ1v) is 8.20. The number of epoxide rings is 1. The summed E-state index contributed by atoms with van der Waals surface area (Å²) < 4.78 is 18.0. The lowest BCUT2D eigenvalue weighted by molar-refractivity contribution is -0.258. The maximum absolute atomic E-state index is 6.17. The number of fused-ring (bicyclic) bond motifs is 2. The van der Waals surface area contributed by atoms with Crippen LogP contribution in [0.2, 0.25) is 0 Å². The smallest absolute Gasteiger partial charge is 0.160 e. The van der Waals surface area contributed by atoms with Crippen molar-refractivity contribution in [2.24, 2.45) is 23.2 Å². The average Bonchev–Trinajstić information content (AvgIpc) is 3.33. The van der Waals surface area contributed by atoms with E-state index in [1.807, 2.05) is 0 Å². The van der Waals surface area contributed by atoms with Crippen molar-refractivity contribution in [1.82, 2.24) is 0 Å². The molecule has 2 heterocycles. The van der Waals surface area contributed by atoms with E-state index in [4.69, 9.17) is 14.2 Å². The molecular weight excluding hydrogens is 240 g/mol. The minimum atomic E-state index is 0.0627. The van der Waals surface area contributed by atoms with Gasteiger partial charge in [0.25, 0.3) is 0 Å². The Morgan fingerprint density at radius 3 is 2.47 bits per heavy atom. The average molecular weight is 264 g/mol. The molecule has 0 aromatic rings. The van der Waals surface area contributed by atoms with E-state index in [1.165, 1.54) is 38.5 Å². The lowest BCUT2D eigenvalue weighted by Crippen LogP contribution is -2.46. The summed E-state index contributed by atoms with van der Waals surface area (Å²) in [5.41, 5.74) is 0.376. The van der Waals surface area contributed by atoms with Gasteiger partial charge in [-0.25, -0.2) is 0 Å². The molecule has 1 spiro atoms. The summed E-state index contributed by atoms with van der Waals surface area (Å²) in [4.78, 5) is 0. The molecule has 5 fully saturated rings. The Kier molecular flexibility index (Phi) is 2.40. The molecular formula is C16H24O3. The molecule has 19 heavy (non-hydrogen) atoms. The summed E-state index contributed by atoms with van der Waals surface area (Å²) in [6.45, 7) is 1.90. The van der Waals surface area contributed by atoms with E-state index in [0.29, 0.717) is 23.5 Å². The van der Waals surface area contributed by atoms with Gasteiger partial charge in [0, 0.05) is 11.3 Å². The predicted molar refractivity (Wildman–Crippen MR) is 69.6 cm³/mol. The molecule has 0 amide bonds. The third kappa shape index (κ3) is 1.97. The van der Waals surface area contributed by atoms with Crippen LogP contribution in [0.1, 0.15) is 44.9 Å². The van der Waals surface area contributed by atoms with Crippen LogP contribution in [0.15, 0.2) is 0 Å². The van der Waals surface area contributed by atoms with Crippen molar-refractivity contribution in [3.05, 3.63) is 0 Å². The Bertz CT molecular complexity index is 374. The van der Waals surface area contributed by atoms with Crippen LogP contribution in [-0.4, -0.2) is 31.7 Å². The molecule has 106 valence electrons. The minimum absolute atomic E-state index is 0.0627. The van der Waals surface area contributed by atoms with E-state index in [9.17, 15) is 0 Å². The lowest BCUT2D eigenvalue weighted by atomic mass is 9.74. The largest absolute Gasteiger partial charge is 0.370 e. The second-order valence-electron chi connectivity index (χ2n) is 7.78. The van der Waals surface area contributed by atoms with Crippen LogP contribution in [0.5, 0.6) is 0 Å². The molecule has 5 unspecified atom stereocenters. The van der Waals surface area contributed by atoms with Crippen molar-refractivity contribution in [3.8, 4) is 0 Å². The number of hydrogen-bond donors (Lipinski definition) is 0. The van der Waals surface area contributed by atoms with Gasteiger partial charge in [-0.2, -0.15) is 0 Å². The van der Waals surface area contributed by atoms with Crippen molar-refractivity contribution in [2.45, 2.75) is 63.4 Å². The monoisotopic (exact) mass is 264 g/mol. The fourth-order valence-electron chi connectivity index (χ4n) is 4.89. The quantitative estimate of drug-likeness (QED) is 0.682. The molecule has 0 aromatic heterocycles. The summed E-state index contributed by atoms with van der Waals surface area (Å²) in [6, 6.07) is 0. The molecule has 0 bridgehead atoms. The zero-order valence-corrected chi connectivity index (χ0v) is 11.6. The highest BCUT2D eigenvalue weighted by molar-refractivity contribution is 5.00. The van der Waals surface area contributed by atoms with Gasteiger partial charge in [-0.1, -0.05) is 0 Å². The molecule has 5 aliphatic rings. The van der Waals surface area contributed by atoms with E-state index in [1.54, 1.807) is 0 Å². The Labute approximate surface area is 115 Å². The number of ether oxygens (including phenoxy) is 3. The van der Waals surface area contributed by atoms with E-state index in [2.05, 4.69) is 0 Å². The zero-order chi connectivity index (χ0) is 12.4. The van der Waals surface area contributed by atoms with Gasteiger partial charge < -0.3 is 14.2 Å². The number of hydrogen-bond acceptors (Lipinski definition) is 3. The van der Waals surface area contributed by atoms with Crippen LogP contribution in [0.4, 0.5) is 0 Å². The fraction of sp³-hybridized carbons (Fsp3) is 1.00. The molecule has 2 saturated heterocycles. The van der Waals surface area contributed by atoms with Crippen molar-refractivity contribution < 1.29 is 14.2 Å². The summed E-state index contributed by atoms with van der Waals surface area (Å²) >= 11 is 0. The second-order valence-corrected chi connectivity index (χ2v) is 7.78. The Morgan fingerprint density at radius 2 is 1.68 bits per heavy atom. The van der Waals surface area contributed by atoms with Crippen molar-refractivity contribution in [2.75, 3.05) is 13.2 Å². The molecule has 0 radical (unpaired) electrons. The first-order chi connectivity index (χ1) is 9.31. The van der Waals surface area contributed by atoms with Gasteiger partial charge in [-0.15, -0.1) is 0 Å². The van der Waals surface area contributed by atoms with Gasteiger partial charge in [0.1, 0.15) is 0 Å². The van der Waals surface area contributed by atoms with Crippen molar-refractivity contribution >= 4 is 0 Å². The fourth-order valence-corrected chi connectivity index (χ4v) is 4.89. The summed E-state index contributed by atoms with van der Waals surface area (Å²) in [6.07, 6.45) is 10.4. The topological polar surface area (TPSA) is 31.0 Å². The van der Waals surface area contributed by atoms with Crippen LogP contribution in [0.3, 0.4) is 0 Å². The van der Waals surface area contributed by atoms with Gasteiger partial charge in [0.05, 0.1) is 25.4 Å². The van der Waals surface area contributed by atoms with Gasteiger partial charge >= 0.3 is 0 Å². The molecule has 3 heteroatoms. The van der Waals surface area contributed by atoms with E-state index >= 15 is 0 Å². The van der Waals surface area contributed by atoms with E-state index < -0.39 is 0 Å². The molecule has 5 rings (SSSR count). The van der Waals surface area contributed by atoms with Crippen LogP contribution in [0.25, 0.3) is 0 Å². The molecule has 0 aromatic carbocycles. The molecule has 5 atom stereocenters. The summed E-state index contributed by atoms with van der Waals surface area (Å²) in [7, 11) is 0. The summed E-state index contributed by atoms with van der Waals surface area (Å²) in [5.74, 6) is 2.65. The molecule has 3 saturated carbocycles. The highest BCUT2D eigenvalue weighted by Gasteiger charge is 2.52. The Hall–Kier alpha value is -0.120. The standard InChI is InChI=1S/C16H24O3/c1-2-13-14(19-13)6-11(1)15-17-8-16(9-18-15)4-3-10-5-12(10)7-16/h10-15H,1-9H2. The Morgan fingerprint density at radius 1 is 0.789 bits per heavy atom. The molecule has 3 nitrogen and oxygen atoms in total. The molecule has 2 aliphatic heterocycles. The van der Waals surface area contributed by atoms with Gasteiger partial charge in [0.2, 0.25) is 0 Å². The third-order valence-electron chi connectivity index (χ3n) is 6.35. The zero-order valence-electron chi connectivity index (χ0n) is 11.6. The third-order valence-corrected chi connectivity index (χ3v) is 6.35. The Balaban J connectivity index is 1.21. The van der Waals surface area contributed by atoms with Crippen LogP contribution < -0.4 is 0 Å².